The summed E-state index contributed by atoms with van der Waals surface area (Å²) >= 11 is 0. The minimum Gasteiger partial charge on any atom is -0.344 e. The minimum absolute atomic E-state index is 0.236. The van der Waals surface area contributed by atoms with Crippen LogP contribution in [0.25, 0.3) is 0 Å². The molecule has 1 aliphatic heterocycles. The molecule has 0 saturated carbocycles. The molecule has 1 unspecified atom stereocenters. The first-order chi connectivity index (χ1) is 8.20. The zero-order valence-corrected chi connectivity index (χ0v) is 10.4. The Morgan fingerprint density at radius 2 is 2.41 bits per heavy atom. The van der Waals surface area contributed by atoms with Crippen LogP contribution in [0.2, 0.25) is 0 Å². The fourth-order valence-electron chi connectivity index (χ4n) is 2.10. The average Bonchev–Trinajstić information content (AvgIpc) is 2.78. The molecule has 1 amide bonds. The van der Waals surface area contributed by atoms with E-state index in [2.05, 4.69) is 15.4 Å². The molecule has 1 aliphatic rings. The van der Waals surface area contributed by atoms with Gasteiger partial charge in [-0.1, -0.05) is 0 Å². The van der Waals surface area contributed by atoms with Crippen LogP contribution in [0.4, 0.5) is 0 Å². The number of hydrogen-bond donors (Lipinski definition) is 1. The van der Waals surface area contributed by atoms with Gasteiger partial charge in [0.05, 0.1) is 6.54 Å². The van der Waals surface area contributed by atoms with Crippen LogP contribution < -0.4 is 5.32 Å². The van der Waals surface area contributed by atoms with Crippen molar-refractivity contribution in [2.45, 2.75) is 38.9 Å². The van der Waals surface area contributed by atoms with E-state index in [0.717, 1.165) is 25.3 Å². The van der Waals surface area contributed by atoms with Gasteiger partial charge in [0.2, 0.25) is 5.91 Å². The first-order valence-electron chi connectivity index (χ1n) is 6.04. The van der Waals surface area contributed by atoms with Crippen molar-refractivity contribution in [1.82, 2.24) is 25.0 Å². The summed E-state index contributed by atoms with van der Waals surface area (Å²) in [6.45, 7) is 4.37. The SMILES string of the molecule is CCn1ncnc1CNC1CCC(=O)N(C)C1. The van der Waals surface area contributed by atoms with E-state index in [4.69, 9.17) is 0 Å². The zero-order chi connectivity index (χ0) is 12.3. The number of hydrogen-bond acceptors (Lipinski definition) is 4. The number of carbonyl (C=O) groups is 1. The highest BCUT2D eigenvalue weighted by Crippen LogP contribution is 2.10. The lowest BCUT2D eigenvalue weighted by atomic mass is 10.1. The molecule has 0 spiro atoms. The Kier molecular flexibility index (Phi) is 3.73. The largest absolute Gasteiger partial charge is 0.344 e. The molecule has 94 valence electrons. The van der Waals surface area contributed by atoms with E-state index >= 15 is 0 Å². The number of aromatic nitrogens is 3. The van der Waals surface area contributed by atoms with Gasteiger partial charge in [-0.05, 0) is 13.3 Å². The van der Waals surface area contributed by atoms with Gasteiger partial charge in [0.15, 0.2) is 0 Å². The van der Waals surface area contributed by atoms with E-state index < -0.39 is 0 Å². The van der Waals surface area contributed by atoms with E-state index in [-0.39, 0.29) is 5.91 Å². The number of nitrogens with zero attached hydrogens (tertiary/aromatic N) is 4. The maximum atomic E-state index is 11.3. The third-order valence-corrected chi connectivity index (χ3v) is 3.17. The Balaban J connectivity index is 1.84. The lowest BCUT2D eigenvalue weighted by molar-refractivity contribution is -0.132. The number of aryl methyl sites for hydroxylation is 1. The summed E-state index contributed by atoms with van der Waals surface area (Å²) < 4.78 is 1.88. The molecule has 0 radical (unpaired) electrons. The van der Waals surface area contributed by atoms with Crippen LogP contribution in [0.5, 0.6) is 0 Å². The number of rotatable bonds is 4. The van der Waals surface area contributed by atoms with Crippen molar-refractivity contribution < 1.29 is 4.79 Å². The van der Waals surface area contributed by atoms with Gasteiger partial charge in [0, 0.05) is 32.6 Å². The predicted octanol–water partition coefficient (Wildman–Crippen LogP) is 0.00840. The Morgan fingerprint density at radius 1 is 1.59 bits per heavy atom. The number of piperidine rings is 1. The highest BCUT2D eigenvalue weighted by atomic mass is 16.2. The molecular formula is C11H19N5O. The maximum Gasteiger partial charge on any atom is 0.222 e. The number of nitrogens with one attached hydrogen (secondary N) is 1. The van der Waals surface area contributed by atoms with E-state index in [0.29, 0.717) is 19.0 Å². The first-order valence-corrected chi connectivity index (χ1v) is 6.04. The van der Waals surface area contributed by atoms with E-state index in [1.807, 2.05) is 18.7 Å². The molecule has 17 heavy (non-hydrogen) atoms. The Hall–Kier alpha value is -1.43. The molecular weight excluding hydrogens is 218 g/mol. The van der Waals surface area contributed by atoms with Crippen molar-refractivity contribution in [2.75, 3.05) is 13.6 Å². The molecule has 2 rings (SSSR count). The molecule has 1 aromatic heterocycles. The van der Waals surface area contributed by atoms with Crippen molar-refractivity contribution in [3.8, 4) is 0 Å². The van der Waals surface area contributed by atoms with Gasteiger partial charge in [-0.25, -0.2) is 9.67 Å². The van der Waals surface area contributed by atoms with E-state index in [1.165, 1.54) is 0 Å². The van der Waals surface area contributed by atoms with Crippen molar-refractivity contribution in [3.63, 3.8) is 0 Å². The lowest BCUT2D eigenvalue weighted by Gasteiger charge is -2.30. The van der Waals surface area contributed by atoms with Crippen molar-refractivity contribution in [2.24, 2.45) is 0 Å². The number of likely N-dealkylation sites (tertiary alicyclic amines) is 1. The summed E-state index contributed by atoms with van der Waals surface area (Å²) in [5, 5.41) is 7.56. The summed E-state index contributed by atoms with van der Waals surface area (Å²) in [6, 6.07) is 0.361. The standard InChI is InChI=1S/C11H19N5O/c1-3-16-10(13-8-14-16)6-12-9-4-5-11(17)15(2)7-9/h8-9,12H,3-7H2,1-2H3. The number of amides is 1. The van der Waals surface area contributed by atoms with Gasteiger partial charge in [0.25, 0.3) is 0 Å². The number of likely N-dealkylation sites (N-methyl/N-ethyl adjacent to an activating group) is 1. The highest BCUT2D eigenvalue weighted by molar-refractivity contribution is 5.76. The molecule has 0 aromatic carbocycles. The summed E-state index contributed by atoms with van der Waals surface area (Å²) in [6.07, 6.45) is 3.12. The second kappa shape index (κ2) is 5.27. The molecule has 0 aliphatic carbocycles. The molecule has 0 bridgehead atoms. The third-order valence-electron chi connectivity index (χ3n) is 3.17. The highest BCUT2D eigenvalue weighted by Gasteiger charge is 2.22. The summed E-state index contributed by atoms with van der Waals surface area (Å²) in [5.74, 6) is 1.19. The van der Waals surface area contributed by atoms with Gasteiger partial charge < -0.3 is 10.2 Å². The van der Waals surface area contributed by atoms with Crippen LogP contribution in [0.15, 0.2) is 6.33 Å². The van der Waals surface area contributed by atoms with Crippen molar-refractivity contribution in [3.05, 3.63) is 12.2 Å². The average molecular weight is 237 g/mol. The minimum atomic E-state index is 0.236. The van der Waals surface area contributed by atoms with Crippen LogP contribution in [0.3, 0.4) is 0 Å². The van der Waals surface area contributed by atoms with E-state index in [1.54, 1.807) is 11.2 Å². The van der Waals surface area contributed by atoms with Crippen molar-refractivity contribution in [1.29, 1.82) is 0 Å². The fourth-order valence-corrected chi connectivity index (χ4v) is 2.10. The maximum absolute atomic E-state index is 11.3. The van der Waals surface area contributed by atoms with Crippen LogP contribution in [-0.2, 0) is 17.9 Å². The summed E-state index contributed by atoms with van der Waals surface area (Å²) in [7, 11) is 1.85. The molecule has 2 heterocycles. The van der Waals surface area contributed by atoms with E-state index in [9.17, 15) is 4.79 Å². The fraction of sp³-hybridized carbons (Fsp3) is 0.727. The van der Waals surface area contributed by atoms with Crippen molar-refractivity contribution >= 4 is 5.91 Å². The van der Waals surface area contributed by atoms with Gasteiger partial charge in [0.1, 0.15) is 12.2 Å². The Labute approximate surface area is 101 Å². The zero-order valence-electron chi connectivity index (χ0n) is 10.4. The van der Waals surface area contributed by atoms with Crippen LogP contribution in [-0.4, -0.2) is 45.2 Å². The second-order valence-corrected chi connectivity index (χ2v) is 4.38. The van der Waals surface area contributed by atoms with Gasteiger partial charge in [-0.2, -0.15) is 5.10 Å². The summed E-state index contributed by atoms with van der Waals surface area (Å²) in [4.78, 5) is 17.3. The van der Waals surface area contributed by atoms with Crippen LogP contribution in [0, 0.1) is 0 Å². The molecule has 1 atom stereocenters. The Bertz CT molecular complexity index is 389. The van der Waals surface area contributed by atoms with Gasteiger partial charge in [-0.3, -0.25) is 4.79 Å². The predicted molar refractivity (Wildman–Crippen MR) is 63.2 cm³/mol. The molecule has 1 fully saturated rings. The van der Waals surface area contributed by atoms with Gasteiger partial charge in [-0.15, -0.1) is 0 Å². The topological polar surface area (TPSA) is 63.1 Å². The quantitative estimate of drug-likeness (QED) is 0.801. The molecule has 6 heteroatoms. The molecule has 1 aromatic rings. The monoisotopic (exact) mass is 237 g/mol. The summed E-state index contributed by atoms with van der Waals surface area (Å²) in [5.41, 5.74) is 0. The van der Waals surface area contributed by atoms with Crippen LogP contribution in [0.1, 0.15) is 25.6 Å². The van der Waals surface area contributed by atoms with Gasteiger partial charge >= 0.3 is 0 Å². The van der Waals surface area contributed by atoms with Crippen LogP contribution >= 0.6 is 0 Å². The Morgan fingerprint density at radius 3 is 3.12 bits per heavy atom. The number of carbonyl (C=O) groups excluding carboxylic acids is 1. The molecule has 1 saturated heterocycles. The normalized spacial score (nSPS) is 20.9. The third kappa shape index (κ3) is 2.82. The lowest BCUT2D eigenvalue weighted by Crippen LogP contribution is -2.46. The molecule has 6 nitrogen and oxygen atoms in total. The smallest absolute Gasteiger partial charge is 0.222 e. The molecule has 1 N–H and O–H groups in total. The second-order valence-electron chi connectivity index (χ2n) is 4.38. The first kappa shape index (κ1) is 12.0.